The molecule has 0 saturated heterocycles. The lowest BCUT2D eigenvalue weighted by molar-refractivity contribution is -0.137. The maximum absolute atomic E-state index is 12.6. The summed E-state index contributed by atoms with van der Waals surface area (Å²) in [7, 11) is 0. The Hall–Kier alpha value is -3.20. The number of pyridine rings is 1. The van der Waals surface area contributed by atoms with E-state index in [2.05, 4.69) is 15.2 Å². The van der Waals surface area contributed by atoms with Crippen molar-refractivity contribution in [2.24, 2.45) is 0 Å². The molecule has 4 aromatic rings. The van der Waals surface area contributed by atoms with Gasteiger partial charge >= 0.3 is 6.18 Å². The minimum Gasteiger partial charge on any atom is -0.410 e. The van der Waals surface area contributed by atoms with Gasteiger partial charge in [-0.3, -0.25) is 9.78 Å². The third kappa shape index (κ3) is 4.14. The lowest BCUT2D eigenvalue weighted by Gasteiger charge is -2.06. The van der Waals surface area contributed by atoms with Gasteiger partial charge in [-0.15, -0.1) is 10.2 Å². The van der Waals surface area contributed by atoms with Gasteiger partial charge in [0.25, 0.3) is 11.1 Å². The van der Waals surface area contributed by atoms with Crippen molar-refractivity contribution in [1.29, 1.82) is 0 Å². The first-order valence-electron chi connectivity index (χ1n) is 8.43. The van der Waals surface area contributed by atoms with Gasteiger partial charge in [0.1, 0.15) is 5.69 Å². The summed E-state index contributed by atoms with van der Waals surface area (Å²) in [5.74, 6) is -0.159. The summed E-state index contributed by atoms with van der Waals surface area (Å²) in [6.45, 7) is 0. The number of aromatic nitrogens is 3. The minimum atomic E-state index is -4.44. The first-order valence-corrected chi connectivity index (χ1v) is 9.41. The van der Waals surface area contributed by atoms with E-state index in [0.29, 0.717) is 5.69 Å². The highest BCUT2D eigenvalue weighted by atomic mass is 32.2. The van der Waals surface area contributed by atoms with Gasteiger partial charge < -0.3 is 4.42 Å². The number of Topliss-reactive ketones (excluding diaryl/α,β-unsaturated/α-hetero) is 1. The molecule has 2 aromatic carbocycles. The van der Waals surface area contributed by atoms with Crippen LogP contribution in [0, 0.1) is 0 Å². The molecule has 0 bridgehead atoms. The average molecular weight is 415 g/mol. The first-order chi connectivity index (χ1) is 13.9. The molecule has 0 aliphatic heterocycles. The van der Waals surface area contributed by atoms with Crippen LogP contribution in [0.1, 0.15) is 15.9 Å². The Balaban J connectivity index is 1.46. The Bertz CT molecular complexity index is 1170. The van der Waals surface area contributed by atoms with Crippen molar-refractivity contribution in [3.63, 3.8) is 0 Å². The number of ketones is 1. The third-order valence-corrected chi connectivity index (χ3v) is 4.96. The van der Waals surface area contributed by atoms with E-state index in [1.165, 1.54) is 0 Å². The fraction of sp³-hybridized carbons (Fsp3) is 0.100. The number of hydrogen-bond acceptors (Lipinski definition) is 6. The van der Waals surface area contributed by atoms with Crippen LogP contribution in [0.25, 0.3) is 22.4 Å². The van der Waals surface area contributed by atoms with Crippen molar-refractivity contribution in [2.45, 2.75) is 11.4 Å². The Morgan fingerprint density at radius 1 is 1.00 bits per heavy atom. The number of carbonyl (C=O) groups excluding carboxylic acids is 1. The molecule has 2 heterocycles. The van der Waals surface area contributed by atoms with Gasteiger partial charge in [0.2, 0.25) is 0 Å². The van der Waals surface area contributed by atoms with Crippen molar-refractivity contribution in [3.8, 4) is 11.6 Å². The van der Waals surface area contributed by atoms with Gasteiger partial charge in [0, 0.05) is 17.1 Å². The van der Waals surface area contributed by atoms with Crippen molar-refractivity contribution < 1.29 is 22.4 Å². The van der Waals surface area contributed by atoms with Crippen LogP contribution in [0.15, 0.2) is 70.4 Å². The van der Waals surface area contributed by atoms with Crippen LogP contribution in [0.5, 0.6) is 0 Å². The highest BCUT2D eigenvalue weighted by Crippen LogP contribution is 2.30. The van der Waals surface area contributed by atoms with E-state index in [1.807, 2.05) is 30.3 Å². The molecular weight excluding hydrogens is 403 g/mol. The molecule has 0 radical (unpaired) electrons. The van der Waals surface area contributed by atoms with Gasteiger partial charge in [0.05, 0.1) is 11.3 Å². The summed E-state index contributed by atoms with van der Waals surface area (Å²) in [5, 5.41) is 9.91. The van der Waals surface area contributed by atoms with Crippen LogP contribution >= 0.6 is 11.8 Å². The first kappa shape index (κ1) is 19.1. The van der Waals surface area contributed by atoms with Crippen molar-refractivity contribution in [3.05, 3.63) is 71.9 Å². The maximum Gasteiger partial charge on any atom is 0.416 e. The quantitative estimate of drug-likeness (QED) is 0.326. The van der Waals surface area contributed by atoms with Crippen molar-refractivity contribution >= 4 is 28.3 Å². The van der Waals surface area contributed by atoms with Crippen LogP contribution < -0.4 is 0 Å². The Labute approximate surface area is 167 Å². The number of halogens is 3. The van der Waals surface area contributed by atoms with Crippen molar-refractivity contribution in [2.75, 3.05) is 5.75 Å². The van der Waals surface area contributed by atoms with E-state index < -0.39 is 11.7 Å². The molecule has 0 N–H and O–H groups in total. The SMILES string of the molecule is O=C(CSc1nnc(-c2nccc3ccccc23)o1)c1ccc(C(F)(F)F)cc1. The van der Waals surface area contributed by atoms with Crippen LogP contribution in [0.3, 0.4) is 0 Å². The molecule has 4 rings (SSSR count). The number of thioether (sulfide) groups is 1. The predicted octanol–water partition coefficient (Wildman–Crippen LogP) is 5.28. The standard InChI is InChI=1S/C20H12F3N3O2S/c21-20(22,23)14-7-5-13(6-8-14)16(27)11-29-19-26-25-18(28-19)17-15-4-2-1-3-12(15)9-10-24-17/h1-10H,11H2. The number of alkyl halides is 3. The second kappa shape index (κ2) is 7.67. The highest BCUT2D eigenvalue weighted by Gasteiger charge is 2.30. The molecule has 2 aromatic heterocycles. The Morgan fingerprint density at radius 3 is 2.52 bits per heavy atom. The van der Waals surface area contributed by atoms with Crippen molar-refractivity contribution in [1.82, 2.24) is 15.2 Å². The second-order valence-corrected chi connectivity index (χ2v) is 6.97. The highest BCUT2D eigenvalue weighted by molar-refractivity contribution is 7.99. The summed E-state index contributed by atoms with van der Waals surface area (Å²) in [6, 6.07) is 13.6. The molecule has 0 saturated carbocycles. The summed E-state index contributed by atoms with van der Waals surface area (Å²) >= 11 is 1.01. The zero-order valence-corrected chi connectivity index (χ0v) is 15.5. The molecular formula is C20H12F3N3O2S. The van der Waals surface area contributed by atoms with Gasteiger partial charge in [-0.1, -0.05) is 48.2 Å². The monoisotopic (exact) mass is 415 g/mol. The minimum absolute atomic E-state index is 0.0457. The lowest BCUT2D eigenvalue weighted by Crippen LogP contribution is -2.07. The zero-order valence-electron chi connectivity index (χ0n) is 14.7. The van der Waals surface area contributed by atoms with Gasteiger partial charge in [0.15, 0.2) is 5.78 Å². The molecule has 0 fully saturated rings. The number of nitrogens with zero attached hydrogens (tertiary/aromatic N) is 3. The summed E-state index contributed by atoms with van der Waals surface area (Å²) < 4.78 is 43.4. The van der Waals surface area contributed by atoms with Crippen LogP contribution in [-0.4, -0.2) is 26.7 Å². The van der Waals surface area contributed by atoms with Gasteiger partial charge in [-0.25, -0.2) is 0 Å². The largest absolute Gasteiger partial charge is 0.416 e. The molecule has 0 spiro atoms. The second-order valence-electron chi connectivity index (χ2n) is 6.04. The topological polar surface area (TPSA) is 68.9 Å². The van der Waals surface area contributed by atoms with Crippen LogP contribution in [0.2, 0.25) is 0 Å². The van der Waals surface area contributed by atoms with E-state index in [9.17, 15) is 18.0 Å². The van der Waals surface area contributed by atoms with E-state index in [0.717, 1.165) is 46.8 Å². The van der Waals surface area contributed by atoms with Gasteiger partial charge in [-0.05, 0) is 23.6 Å². The maximum atomic E-state index is 12.6. The smallest absolute Gasteiger partial charge is 0.410 e. The number of carbonyl (C=O) groups is 1. The number of benzene rings is 2. The summed E-state index contributed by atoms with van der Waals surface area (Å²) in [4.78, 5) is 16.5. The Morgan fingerprint density at radius 2 is 1.76 bits per heavy atom. The average Bonchev–Trinajstić information content (AvgIpc) is 3.20. The number of fused-ring (bicyclic) bond motifs is 1. The lowest BCUT2D eigenvalue weighted by atomic mass is 10.1. The fourth-order valence-corrected chi connectivity index (χ4v) is 3.37. The molecule has 5 nitrogen and oxygen atoms in total. The molecule has 0 atom stereocenters. The van der Waals surface area contributed by atoms with E-state index in [1.54, 1.807) is 6.20 Å². The van der Waals surface area contributed by atoms with E-state index in [-0.39, 0.29) is 28.2 Å². The van der Waals surface area contributed by atoms with Crippen LogP contribution in [0.4, 0.5) is 13.2 Å². The number of rotatable bonds is 5. The van der Waals surface area contributed by atoms with Crippen LogP contribution in [-0.2, 0) is 6.18 Å². The Kier molecular flexibility index (Phi) is 5.06. The molecule has 146 valence electrons. The van der Waals surface area contributed by atoms with E-state index >= 15 is 0 Å². The molecule has 0 amide bonds. The molecule has 9 heteroatoms. The fourth-order valence-electron chi connectivity index (χ4n) is 2.71. The van der Waals surface area contributed by atoms with E-state index in [4.69, 9.17) is 4.42 Å². The predicted molar refractivity (Wildman–Crippen MR) is 102 cm³/mol. The third-order valence-electron chi connectivity index (χ3n) is 4.14. The summed E-state index contributed by atoms with van der Waals surface area (Å²) in [6.07, 6.45) is -2.80. The summed E-state index contributed by atoms with van der Waals surface area (Å²) in [5.41, 5.74) is -0.0803. The molecule has 0 unspecified atom stereocenters. The molecule has 0 aliphatic rings. The molecule has 29 heavy (non-hydrogen) atoms. The zero-order chi connectivity index (χ0) is 20.4. The number of hydrogen-bond donors (Lipinski definition) is 0. The van der Waals surface area contributed by atoms with Gasteiger partial charge in [-0.2, -0.15) is 13.2 Å². The molecule has 0 aliphatic carbocycles. The normalized spacial score (nSPS) is 11.7.